The summed E-state index contributed by atoms with van der Waals surface area (Å²) in [6.07, 6.45) is 8.70. The van der Waals surface area contributed by atoms with Crippen LogP contribution in [-0.4, -0.2) is 82.3 Å². The summed E-state index contributed by atoms with van der Waals surface area (Å²) in [4.78, 5) is 43.7. The van der Waals surface area contributed by atoms with Gasteiger partial charge in [0, 0.05) is 25.2 Å². The highest BCUT2D eigenvalue weighted by Gasteiger charge is 2.72. The Morgan fingerprint density at radius 2 is 1.90 bits per heavy atom. The highest BCUT2D eigenvalue weighted by atomic mass is 16.6. The molecule has 0 aromatic carbocycles. The Labute approximate surface area is 182 Å². The minimum atomic E-state index is -1.19. The van der Waals surface area contributed by atoms with Crippen LogP contribution in [0.5, 0.6) is 0 Å². The summed E-state index contributed by atoms with van der Waals surface area (Å²) >= 11 is 0. The zero-order chi connectivity index (χ0) is 22.4. The largest absolute Gasteiger partial charge is 0.461 e. The summed E-state index contributed by atoms with van der Waals surface area (Å²) in [7, 11) is 0. The molecule has 2 fully saturated rings. The second-order valence-corrected chi connectivity index (χ2v) is 9.74. The molecule has 2 amide bonds. The highest BCUT2D eigenvalue weighted by molar-refractivity contribution is 5.99. The molecule has 4 aliphatic rings. The van der Waals surface area contributed by atoms with Gasteiger partial charge < -0.3 is 24.4 Å². The van der Waals surface area contributed by atoms with Gasteiger partial charge in [-0.05, 0) is 46.1 Å². The molecule has 4 heterocycles. The molecule has 4 rings (SSSR count). The van der Waals surface area contributed by atoms with Gasteiger partial charge in [-0.2, -0.15) is 0 Å². The normalized spacial score (nSPS) is 34.9. The maximum atomic E-state index is 13.8. The molecule has 1 unspecified atom stereocenters. The lowest BCUT2D eigenvalue weighted by Gasteiger charge is -2.40. The first-order chi connectivity index (χ1) is 14.7. The average Bonchev–Trinajstić information content (AvgIpc) is 2.98. The molecule has 2 saturated heterocycles. The Morgan fingerprint density at radius 1 is 1.13 bits per heavy atom. The molecule has 5 atom stereocenters. The fourth-order valence-electron chi connectivity index (χ4n) is 5.38. The summed E-state index contributed by atoms with van der Waals surface area (Å²) in [6, 6.07) is -0.828. The molecule has 0 saturated carbocycles. The van der Waals surface area contributed by atoms with Crippen LogP contribution < -0.4 is 0 Å². The van der Waals surface area contributed by atoms with Gasteiger partial charge in [0.2, 0.25) is 11.8 Å². The van der Waals surface area contributed by atoms with Gasteiger partial charge in [-0.25, -0.2) is 0 Å². The smallest absolute Gasteiger partial charge is 0.313 e. The summed E-state index contributed by atoms with van der Waals surface area (Å²) in [5.41, 5.74) is -1.63. The van der Waals surface area contributed by atoms with Crippen molar-refractivity contribution in [3.63, 3.8) is 0 Å². The minimum absolute atomic E-state index is 0.0917. The third-order valence-electron chi connectivity index (χ3n) is 6.78. The second kappa shape index (κ2) is 8.06. The number of carbonyl (C=O) groups excluding carboxylic acids is 3. The molecule has 1 N–H and O–H groups in total. The standard InChI is InChI=1S/C23H32N2O6/c1-22(2,3)25-12-8-10-23-17(16-15(31-23)9-7-14-30-21(16)29)19(27)24(18(23)20(25)28)11-5-4-6-13-26/h7-10,15-18,26H,4-6,11-14H2,1-3H3/t15-,16+,17+,18?,23+/m1/s1. The van der Waals surface area contributed by atoms with Gasteiger partial charge in [0.1, 0.15) is 24.2 Å². The fourth-order valence-corrected chi connectivity index (χ4v) is 5.38. The van der Waals surface area contributed by atoms with E-state index in [0.717, 1.165) is 6.42 Å². The van der Waals surface area contributed by atoms with E-state index in [9.17, 15) is 14.4 Å². The van der Waals surface area contributed by atoms with E-state index in [2.05, 4.69) is 0 Å². The van der Waals surface area contributed by atoms with Crippen molar-refractivity contribution in [2.75, 3.05) is 26.3 Å². The molecular weight excluding hydrogens is 400 g/mol. The Balaban J connectivity index is 1.76. The van der Waals surface area contributed by atoms with Crippen molar-refractivity contribution < 1.29 is 29.0 Å². The van der Waals surface area contributed by atoms with Gasteiger partial charge in [-0.3, -0.25) is 14.4 Å². The highest BCUT2D eigenvalue weighted by Crippen LogP contribution is 2.53. The van der Waals surface area contributed by atoms with E-state index < -0.39 is 41.1 Å². The van der Waals surface area contributed by atoms with E-state index in [1.165, 1.54) is 0 Å². The number of hydrogen-bond donors (Lipinski definition) is 1. The lowest BCUT2D eigenvalue weighted by atomic mass is 9.78. The molecule has 0 aromatic heterocycles. The minimum Gasteiger partial charge on any atom is -0.461 e. The molecule has 0 bridgehead atoms. The molecule has 1 spiro atoms. The van der Waals surface area contributed by atoms with Crippen molar-refractivity contribution in [2.45, 2.75) is 63.3 Å². The van der Waals surface area contributed by atoms with Gasteiger partial charge in [-0.15, -0.1) is 0 Å². The number of aliphatic hydroxyl groups excluding tert-OH is 1. The number of aliphatic hydroxyl groups is 1. The van der Waals surface area contributed by atoms with Crippen LogP contribution in [-0.2, 0) is 23.9 Å². The zero-order valence-corrected chi connectivity index (χ0v) is 18.5. The van der Waals surface area contributed by atoms with Crippen LogP contribution in [0.4, 0.5) is 0 Å². The maximum absolute atomic E-state index is 13.8. The number of hydrogen-bond acceptors (Lipinski definition) is 6. The van der Waals surface area contributed by atoms with Crippen LogP contribution in [0, 0.1) is 11.8 Å². The fraction of sp³-hybridized carbons (Fsp3) is 0.696. The van der Waals surface area contributed by atoms with Crippen molar-refractivity contribution in [3.05, 3.63) is 24.3 Å². The van der Waals surface area contributed by atoms with Crippen LogP contribution in [0.2, 0.25) is 0 Å². The Hall–Kier alpha value is -2.19. The lowest BCUT2D eigenvalue weighted by molar-refractivity contribution is -0.154. The first-order valence-electron chi connectivity index (χ1n) is 11.1. The summed E-state index contributed by atoms with van der Waals surface area (Å²) < 4.78 is 11.8. The van der Waals surface area contributed by atoms with Gasteiger partial charge in [0.15, 0.2) is 0 Å². The maximum Gasteiger partial charge on any atom is 0.313 e. The van der Waals surface area contributed by atoms with Crippen molar-refractivity contribution in [1.29, 1.82) is 0 Å². The van der Waals surface area contributed by atoms with E-state index in [1.54, 1.807) is 22.0 Å². The summed E-state index contributed by atoms with van der Waals surface area (Å²) in [5, 5.41) is 9.09. The molecule has 170 valence electrons. The summed E-state index contributed by atoms with van der Waals surface area (Å²) in [5.74, 6) is -2.42. The van der Waals surface area contributed by atoms with Gasteiger partial charge in [0.25, 0.3) is 0 Å². The number of carbonyl (C=O) groups is 3. The van der Waals surface area contributed by atoms with E-state index in [4.69, 9.17) is 14.6 Å². The number of cyclic esters (lactones) is 1. The summed E-state index contributed by atoms with van der Waals surface area (Å²) in [6.45, 7) is 6.95. The first-order valence-corrected chi connectivity index (χ1v) is 11.1. The number of nitrogens with zero attached hydrogens (tertiary/aromatic N) is 2. The van der Waals surface area contributed by atoms with Crippen LogP contribution >= 0.6 is 0 Å². The lowest BCUT2D eigenvalue weighted by Crippen LogP contribution is -2.58. The Kier molecular flexibility index (Phi) is 5.72. The number of esters is 1. The van der Waals surface area contributed by atoms with Crippen LogP contribution in [0.15, 0.2) is 24.3 Å². The van der Waals surface area contributed by atoms with Crippen molar-refractivity contribution in [1.82, 2.24) is 9.80 Å². The molecule has 4 aliphatic heterocycles. The third-order valence-corrected chi connectivity index (χ3v) is 6.78. The first kappa shape index (κ1) is 22.0. The van der Waals surface area contributed by atoms with Gasteiger partial charge in [-0.1, -0.05) is 18.2 Å². The predicted molar refractivity (Wildman–Crippen MR) is 112 cm³/mol. The van der Waals surface area contributed by atoms with Gasteiger partial charge >= 0.3 is 5.97 Å². The van der Waals surface area contributed by atoms with E-state index in [0.29, 0.717) is 25.9 Å². The molecule has 31 heavy (non-hydrogen) atoms. The Morgan fingerprint density at radius 3 is 2.61 bits per heavy atom. The van der Waals surface area contributed by atoms with Crippen molar-refractivity contribution >= 4 is 17.8 Å². The molecule has 8 nitrogen and oxygen atoms in total. The number of fused-ring (bicyclic) bond motifs is 2. The van der Waals surface area contributed by atoms with Crippen LogP contribution in [0.3, 0.4) is 0 Å². The monoisotopic (exact) mass is 432 g/mol. The SMILES string of the molecule is CC(C)(C)N1CC=C[C@]23O[C@@H]4C=CCOC(=O)[C@@H]4[C@H]2C(=O)N(CCCCCO)C3C1=O. The number of likely N-dealkylation sites (tertiary alicyclic amines) is 1. The van der Waals surface area contributed by atoms with Crippen LogP contribution in [0.25, 0.3) is 0 Å². The number of amides is 2. The molecule has 0 radical (unpaired) electrons. The van der Waals surface area contributed by atoms with E-state index in [-0.39, 0.29) is 25.0 Å². The topological polar surface area (TPSA) is 96.4 Å². The zero-order valence-electron chi connectivity index (χ0n) is 18.5. The number of ether oxygens (including phenoxy) is 2. The third kappa shape index (κ3) is 3.49. The van der Waals surface area contributed by atoms with Gasteiger partial charge in [0.05, 0.1) is 12.0 Å². The number of unbranched alkanes of at least 4 members (excludes halogenated alkanes) is 2. The van der Waals surface area contributed by atoms with Crippen molar-refractivity contribution in [3.8, 4) is 0 Å². The molecule has 8 heteroatoms. The molecule has 0 aliphatic carbocycles. The quantitative estimate of drug-likeness (QED) is 0.396. The van der Waals surface area contributed by atoms with Crippen LogP contribution in [0.1, 0.15) is 40.0 Å². The molecule has 0 aromatic rings. The van der Waals surface area contributed by atoms with Crippen molar-refractivity contribution in [2.24, 2.45) is 11.8 Å². The molecular formula is C23H32N2O6. The average molecular weight is 433 g/mol. The predicted octanol–water partition coefficient (Wildman–Crippen LogP) is 1.04. The second-order valence-electron chi connectivity index (χ2n) is 9.74. The van der Waals surface area contributed by atoms with E-state index >= 15 is 0 Å². The number of rotatable bonds is 5. The van der Waals surface area contributed by atoms with E-state index in [1.807, 2.05) is 32.9 Å². The Bertz CT molecular complexity index is 815.